The number of aromatic carboxylic acids is 1. The van der Waals surface area contributed by atoms with Crippen LogP contribution in [0.25, 0.3) is 10.8 Å². The fourth-order valence-corrected chi connectivity index (χ4v) is 5.16. The summed E-state index contributed by atoms with van der Waals surface area (Å²) in [5.41, 5.74) is 0.502. The molecule has 0 heterocycles. The number of rotatable bonds is 4. The standard InChI is InChI=1S/C24H29NO3/c26-23(22-20-14-8-7-9-17(20)15-16-21(22)24(27)28)25(18-10-3-1-4-11-18)19-12-5-2-6-13-19/h7-9,14-16,18-19H,1-6,10-13H2,(H,27,28). The van der Waals surface area contributed by atoms with E-state index in [4.69, 9.17) is 0 Å². The van der Waals surface area contributed by atoms with Gasteiger partial charge >= 0.3 is 5.97 Å². The second-order valence-corrected chi connectivity index (χ2v) is 8.31. The summed E-state index contributed by atoms with van der Waals surface area (Å²) in [6, 6.07) is 11.5. The van der Waals surface area contributed by atoms with Crippen LogP contribution in [0.3, 0.4) is 0 Å². The lowest BCUT2D eigenvalue weighted by Gasteiger charge is -2.42. The van der Waals surface area contributed by atoms with E-state index in [1.165, 1.54) is 12.8 Å². The van der Waals surface area contributed by atoms with Gasteiger partial charge in [-0.2, -0.15) is 0 Å². The summed E-state index contributed by atoms with van der Waals surface area (Å²) in [7, 11) is 0. The Bertz CT molecular complexity index is 845. The van der Waals surface area contributed by atoms with Gasteiger partial charge in [0.15, 0.2) is 0 Å². The van der Waals surface area contributed by atoms with Gasteiger partial charge in [-0.15, -0.1) is 0 Å². The maximum absolute atomic E-state index is 13.9. The number of hydrogen-bond donors (Lipinski definition) is 1. The summed E-state index contributed by atoms with van der Waals surface area (Å²) >= 11 is 0. The van der Waals surface area contributed by atoms with Crippen molar-refractivity contribution in [1.29, 1.82) is 0 Å². The van der Waals surface area contributed by atoms with Crippen molar-refractivity contribution < 1.29 is 14.7 Å². The van der Waals surface area contributed by atoms with Gasteiger partial charge in [-0.25, -0.2) is 4.79 Å². The van der Waals surface area contributed by atoms with Crippen LogP contribution in [0.2, 0.25) is 0 Å². The van der Waals surface area contributed by atoms with Crippen molar-refractivity contribution in [2.45, 2.75) is 76.3 Å². The molecule has 0 unspecified atom stereocenters. The first-order valence-electron chi connectivity index (χ1n) is 10.7. The van der Waals surface area contributed by atoms with Gasteiger partial charge < -0.3 is 10.0 Å². The van der Waals surface area contributed by atoms with Crippen LogP contribution in [0, 0.1) is 0 Å². The van der Waals surface area contributed by atoms with Crippen LogP contribution < -0.4 is 0 Å². The average Bonchev–Trinajstić information content (AvgIpc) is 2.74. The van der Waals surface area contributed by atoms with Crippen LogP contribution >= 0.6 is 0 Å². The minimum Gasteiger partial charge on any atom is -0.478 e. The molecule has 28 heavy (non-hydrogen) atoms. The molecule has 148 valence electrons. The molecule has 1 N–H and O–H groups in total. The van der Waals surface area contributed by atoms with Gasteiger partial charge in [-0.1, -0.05) is 68.9 Å². The zero-order valence-electron chi connectivity index (χ0n) is 16.4. The molecular formula is C24H29NO3. The molecule has 1 amide bonds. The van der Waals surface area contributed by atoms with E-state index in [0.29, 0.717) is 5.56 Å². The third-order valence-corrected chi connectivity index (χ3v) is 6.54. The number of carbonyl (C=O) groups excluding carboxylic acids is 1. The van der Waals surface area contributed by atoms with Gasteiger partial charge in [0.2, 0.25) is 0 Å². The van der Waals surface area contributed by atoms with Crippen molar-refractivity contribution in [3.05, 3.63) is 47.5 Å². The van der Waals surface area contributed by atoms with Crippen LogP contribution in [0.4, 0.5) is 0 Å². The number of carboxylic acid groups (broad SMARTS) is 1. The largest absolute Gasteiger partial charge is 0.478 e. The molecule has 2 fully saturated rings. The fraction of sp³-hybridized carbons (Fsp3) is 0.500. The third-order valence-electron chi connectivity index (χ3n) is 6.54. The van der Waals surface area contributed by atoms with Gasteiger partial charge in [0.25, 0.3) is 5.91 Å². The van der Waals surface area contributed by atoms with E-state index >= 15 is 0 Å². The quantitative estimate of drug-likeness (QED) is 0.747. The van der Waals surface area contributed by atoms with Crippen molar-refractivity contribution in [3.8, 4) is 0 Å². The van der Waals surface area contributed by atoms with Gasteiger partial charge in [-0.05, 0) is 42.5 Å². The summed E-state index contributed by atoms with van der Waals surface area (Å²) < 4.78 is 0. The van der Waals surface area contributed by atoms with E-state index in [0.717, 1.165) is 62.1 Å². The van der Waals surface area contributed by atoms with E-state index in [1.54, 1.807) is 12.1 Å². The van der Waals surface area contributed by atoms with Gasteiger partial charge in [-0.3, -0.25) is 4.79 Å². The topological polar surface area (TPSA) is 57.6 Å². The number of carbonyl (C=O) groups is 2. The predicted octanol–water partition coefficient (Wildman–Crippen LogP) is 5.65. The highest BCUT2D eigenvalue weighted by molar-refractivity contribution is 6.14. The molecule has 0 bridgehead atoms. The van der Waals surface area contributed by atoms with Crippen LogP contribution in [0.15, 0.2) is 36.4 Å². The van der Waals surface area contributed by atoms with E-state index < -0.39 is 5.97 Å². The SMILES string of the molecule is O=C(O)c1ccc2ccccc2c1C(=O)N(C1CCCCC1)C1CCCCC1. The summed E-state index contributed by atoms with van der Waals surface area (Å²) in [6.07, 6.45) is 11.2. The van der Waals surface area contributed by atoms with Crippen LogP contribution in [-0.4, -0.2) is 34.0 Å². The predicted molar refractivity (Wildman–Crippen MR) is 111 cm³/mol. The van der Waals surface area contributed by atoms with E-state index in [2.05, 4.69) is 4.90 Å². The fourth-order valence-electron chi connectivity index (χ4n) is 5.16. The zero-order valence-corrected chi connectivity index (χ0v) is 16.4. The van der Waals surface area contributed by atoms with Crippen LogP contribution in [0.5, 0.6) is 0 Å². The normalized spacial score (nSPS) is 18.9. The molecule has 2 aromatic carbocycles. The van der Waals surface area contributed by atoms with Crippen LogP contribution in [-0.2, 0) is 0 Å². The number of nitrogens with zero attached hydrogens (tertiary/aromatic N) is 1. The van der Waals surface area contributed by atoms with Crippen molar-refractivity contribution in [2.75, 3.05) is 0 Å². The molecular weight excluding hydrogens is 350 g/mol. The lowest BCUT2D eigenvalue weighted by atomic mass is 9.87. The van der Waals surface area contributed by atoms with E-state index in [1.807, 2.05) is 24.3 Å². The third kappa shape index (κ3) is 3.65. The maximum Gasteiger partial charge on any atom is 0.336 e. The van der Waals surface area contributed by atoms with E-state index in [-0.39, 0.29) is 23.6 Å². The van der Waals surface area contributed by atoms with Crippen molar-refractivity contribution in [2.24, 2.45) is 0 Å². The first-order chi connectivity index (χ1) is 13.7. The molecule has 4 heteroatoms. The number of amides is 1. The van der Waals surface area contributed by atoms with Gasteiger partial charge in [0, 0.05) is 12.1 Å². The first-order valence-corrected chi connectivity index (χ1v) is 10.7. The highest BCUT2D eigenvalue weighted by Gasteiger charge is 2.35. The Morgan fingerprint density at radius 3 is 1.93 bits per heavy atom. The zero-order chi connectivity index (χ0) is 19.5. The Balaban J connectivity index is 1.81. The Labute approximate surface area is 166 Å². The van der Waals surface area contributed by atoms with Crippen molar-refractivity contribution in [3.63, 3.8) is 0 Å². The van der Waals surface area contributed by atoms with Crippen LogP contribution in [0.1, 0.15) is 84.9 Å². The second kappa shape index (κ2) is 8.34. The Morgan fingerprint density at radius 1 is 0.786 bits per heavy atom. The molecule has 4 rings (SSSR count). The Morgan fingerprint density at radius 2 is 1.36 bits per heavy atom. The molecule has 2 aromatic rings. The van der Waals surface area contributed by atoms with Gasteiger partial charge in [0.05, 0.1) is 11.1 Å². The van der Waals surface area contributed by atoms with Gasteiger partial charge in [0.1, 0.15) is 0 Å². The number of hydrogen-bond acceptors (Lipinski definition) is 2. The number of benzene rings is 2. The molecule has 0 aromatic heterocycles. The summed E-state index contributed by atoms with van der Waals surface area (Å²) in [6.45, 7) is 0. The monoisotopic (exact) mass is 379 g/mol. The molecule has 2 aliphatic rings. The van der Waals surface area contributed by atoms with E-state index in [9.17, 15) is 14.7 Å². The summed E-state index contributed by atoms with van der Waals surface area (Å²) in [5.74, 6) is -1.10. The molecule has 0 spiro atoms. The first kappa shape index (κ1) is 19.0. The lowest BCUT2D eigenvalue weighted by Crippen LogP contribution is -2.49. The second-order valence-electron chi connectivity index (χ2n) is 8.31. The molecule has 0 atom stereocenters. The number of carboxylic acids is 1. The van der Waals surface area contributed by atoms with Crippen molar-refractivity contribution >= 4 is 22.6 Å². The molecule has 2 aliphatic carbocycles. The average molecular weight is 380 g/mol. The highest BCUT2D eigenvalue weighted by atomic mass is 16.4. The molecule has 0 radical (unpaired) electrons. The lowest BCUT2D eigenvalue weighted by molar-refractivity contribution is 0.0443. The molecule has 2 saturated carbocycles. The highest BCUT2D eigenvalue weighted by Crippen LogP contribution is 2.33. The Hall–Kier alpha value is -2.36. The minimum atomic E-state index is -1.03. The summed E-state index contributed by atoms with van der Waals surface area (Å²) in [5, 5.41) is 11.5. The molecule has 0 saturated heterocycles. The van der Waals surface area contributed by atoms with Crippen molar-refractivity contribution in [1.82, 2.24) is 4.90 Å². The molecule has 0 aliphatic heterocycles. The molecule has 4 nitrogen and oxygen atoms in total. The Kier molecular flexibility index (Phi) is 5.65. The smallest absolute Gasteiger partial charge is 0.336 e. The maximum atomic E-state index is 13.9. The summed E-state index contributed by atoms with van der Waals surface area (Å²) in [4.78, 5) is 28.0. The minimum absolute atomic E-state index is 0.0759. The number of fused-ring (bicyclic) bond motifs is 1.